The highest BCUT2D eigenvalue weighted by Gasteiger charge is 2.51. The van der Waals surface area contributed by atoms with Crippen LogP contribution in [0.3, 0.4) is 0 Å². The summed E-state index contributed by atoms with van der Waals surface area (Å²) in [6, 6.07) is 9.03. The van der Waals surface area contributed by atoms with Gasteiger partial charge < -0.3 is 18.9 Å². The van der Waals surface area contributed by atoms with Gasteiger partial charge in [0.2, 0.25) is 0 Å². The molecule has 39 heavy (non-hydrogen) atoms. The van der Waals surface area contributed by atoms with Crippen LogP contribution in [0.15, 0.2) is 34.1 Å². The lowest BCUT2D eigenvalue weighted by molar-refractivity contribution is 0.264. The second-order valence-electron chi connectivity index (χ2n) is 12.2. The second-order valence-corrected chi connectivity index (χ2v) is 15.3. The fourth-order valence-corrected chi connectivity index (χ4v) is 10.2. The summed E-state index contributed by atoms with van der Waals surface area (Å²) in [4.78, 5) is 2.64. The van der Waals surface area contributed by atoms with E-state index < -0.39 is 0 Å². The molecule has 0 radical (unpaired) electrons. The summed E-state index contributed by atoms with van der Waals surface area (Å²) in [6.45, 7) is 20.9. The molecule has 2 aromatic carbocycles. The molecule has 4 rings (SSSR count). The monoisotopic (exact) mass is 572 g/mol. The molecule has 2 aromatic rings. The Kier molecular flexibility index (Phi) is 9.69. The van der Waals surface area contributed by atoms with Gasteiger partial charge in [-0.05, 0) is 84.7 Å². The van der Waals surface area contributed by atoms with Crippen molar-refractivity contribution in [3.8, 4) is 23.0 Å². The van der Waals surface area contributed by atoms with Crippen molar-refractivity contribution >= 4 is 23.5 Å². The Labute approximate surface area is 245 Å². The third-order valence-corrected chi connectivity index (χ3v) is 10.3. The first-order valence-electron chi connectivity index (χ1n) is 14.8. The molecule has 0 atom stereocenters. The Bertz CT molecular complexity index is 1050. The lowest BCUT2D eigenvalue weighted by Gasteiger charge is -2.51. The molecule has 0 bridgehead atoms. The second kappa shape index (κ2) is 12.5. The summed E-state index contributed by atoms with van der Waals surface area (Å²) in [7, 11) is 0. The first-order chi connectivity index (χ1) is 18.6. The van der Waals surface area contributed by atoms with Gasteiger partial charge in [-0.25, -0.2) is 0 Å². The van der Waals surface area contributed by atoms with Crippen LogP contribution in [-0.2, 0) is 10.8 Å². The minimum absolute atomic E-state index is 0.000492. The van der Waals surface area contributed by atoms with Crippen molar-refractivity contribution in [3.63, 3.8) is 0 Å². The van der Waals surface area contributed by atoms with Gasteiger partial charge in [-0.1, -0.05) is 55.4 Å². The number of thioether (sulfide) groups is 2. The molecular formula is C33H48O4S2. The van der Waals surface area contributed by atoms with Crippen molar-refractivity contribution in [1.82, 2.24) is 0 Å². The van der Waals surface area contributed by atoms with E-state index in [0.29, 0.717) is 26.4 Å². The Morgan fingerprint density at radius 1 is 0.538 bits per heavy atom. The number of hydrogen-bond donors (Lipinski definition) is 0. The van der Waals surface area contributed by atoms with E-state index in [1.807, 2.05) is 23.5 Å². The van der Waals surface area contributed by atoms with E-state index in [9.17, 15) is 0 Å². The predicted molar refractivity (Wildman–Crippen MR) is 166 cm³/mol. The van der Waals surface area contributed by atoms with Gasteiger partial charge in [0.1, 0.15) is 0 Å². The summed E-state index contributed by atoms with van der Waals surface area (Å²) in [5.74, 6) is 3.51. The Morgan fingerprint density at radius 2 is 0.846 bits per heavy atom. The molecule has 0 fully saturated rings. The van der Waals surface area contributed by atoms with E-state index >= 15 is 0 Å². The zero-order valence-corrected chi connectivity index (χ0v) is 27.0. The van der Waals surface area contributed by atoms with Gasteiger partial charge in [-0.3, -0.25) is 0 Å². The molecule has 0 saturated heterocycles. The Balaban J connectivity index is 1.75. The fraction of sp³-hybridized carbons (Fsp3) is 0.636. The number of benzene rings is 2. The highest BCUT2D eigenvalue weighted by molar-refractivity contribution is 8.18. The molecule has 0 saturated carbocycles. The summed E-state index contributed by atoms with van der Waals surface area (Å²) in [5.41, 5.74) is 2.74. The Morgan fingerprint density at radius 3 is 1.15 bits per heavy atom. The van der Waals surface area contributed by atoms with E-state index in [1.165, 1.54) is 20.9 Å². The third-order valence-electron chi connectivity index (χ3n) is 7.41. The van der Waals surface area contributed by atoms with Crippen LogP contribution >= 0.6 is 23.5 Å². The largest absolute Gasteiger partial charge is 0.490 e. The predicted octanol–water partition coefficient (Wildman–Crippen LogP) is 9.79. The minimum Gasteiger partial charge on any atom is -0.490 e. The van der Waals surface area contributed by atoms with Crippen molar-refractivity contribution in [1.29, 1.82) is 0 Å². The van der Waals surface area contributed by atoms with E-state index in [2.05, 4.69) is 79.7 Å². The molecule has 1 spiro atoms. The van der Waals surface area contributed by atoms with Crippen LogP contribution in [0.2, 0.25) is 0 Å². The van der Waals surface area contributed by atoms with E-state index in [4.69, 9.17) is 18.9 Å². The first kappa shape index (κ1) is 30.3. The molecule has 0 aliphatic carbocycles. The summed E-state index contributed by atoms with van der Waals surface area (Å²) in [5, 5.41) is 0. The van der Waals surface area contributed by atoms with Crippen LogP contribution in [0.25, 0.3) is 0 Å². The number of hydrogen-bond acceptors (Lipinski definition) is 6. The summed E-state index contributed by atoms with van der Waals surface area (Å²) >= 11 is 4.05. The van der Waals surface area contributed by atoms with E-state index in [1.54, 1.807) is 0 Å². The van der Waals surface area contributed by atoms with Crippen LogP contribution in [0, 0.1) is 0 Å². The zero-order valence-electron chi connectivity index (χ0n) is 25.3. The minimum atomic E-state index is 0.000492. The molecule has 4 nitrogen and oxygen atoms in total. The van der Waals surface area contributed by atoms with Gasteiger partial charge >= 0.3 is 0 Å². The quantitative estimate of drug-likeness (QED) is 0.252. The lowest BCUT2D eigenvalue weighted by Crippen LogP contribution is -2.42. The van der Waals surface area contributed by atoms with Crippen LogP contribution in [0.1, 0.15) is 105 Å². The van der Waals surface area contributed by atoms with Crippen LogP contribution < -0.4 is 18.9 Å². The average Bonchev–Trinajstić information content (AvgIpc) is 2.87. The molecule has 2 aliphatic rings. The molecule has 0 amide bonds. The fourth-order valence-electron chi connectivity index (χ4n) is 5.77. The van der Waals surface area contributed by atoms with Crippen LogP contribution in [0.5, 0.6) is 23.0 Å². The molecule has 0 N–H and O–H groups in total. The molecule has 216 valence electrons. The summed E-state index contributed by atoms with van der Waals surface area (Å²) in [6.07, 6.45) is 6.05. The molecule has 0 unspecified atom stereocenters. The SMILES string of the molecule is CCCOc1cc2c(cc1OCCC)C(C)(C)CC1(CC(C)(C)c3cc(OCCC)c(OCCC)cc3S1)S2. The number of fused-ring (bicyclic) bond motifs is 2. The third kappa shape index (κ3) is 6.64. The van der Waals surface area contributed by atoms with Crippen molar-refractivity contribution in [2.45, 2.75) is 119 Å². The molecule has 2 aliphatic heterocycles. The van der Waals surface area contributed by atoms with Gasteiger partial charge in [0.15, 0.2) is 23.0 Å². The van der Waals surface area contributed by atoms with Crippen molar-refractivity contribution in [3.05, 3.63) is 35.4 Å². The topological polar surface area (TPSA) is 36.9 Å². The highest BCUT2D eigenvalue weighted by Crippen LogP contribution is 2.66. The van der Waals surface area contributed by atoms with E-state index in [0.717, 1.165) is 61.5 Å². The molecule has 2 heterocycles. The zero-order chi connectivity index (χ0) is 28.3. The van der Waals surface area contributed by atoms with Crippen molar-refractivity contribution in [2.24, 2.45) is 0 Å². The lowest BCUT2D eigenvalue weighted by atomic mass is 9.74. The van der Waals surface area contributed by atoms with Crippen LogP contribution in [-0.4, -0.2) is 30.5 Å². The number of rotatable bonds is 12. The highest BCUT2D eigenvalue weighted by atomic mass is 32.2. The smallest absolute Gasteiger partial charge is 0.162 e. The van der Waals surface area contributed by atoms with Gasteiger partial charge in [-0.15, -0.1) is 23.5 Å². The normalized spacial score (nSPS) is 18.3. The molecule has 0 aromatic heterocycles. The summed E-state index contributed by atoms with van der Waals surface area (Å²) < 4.78 is 24.8. The number of ether oxygens (including phenoxy) is 4. The van der Waals surface area contributed by atoms with Gasteiger partial charge in [0, 0.05) is 9.79 Å². The maximum absolute atomic E-state index is 6.21. The first-order valence-corrected chi connectivity index (χ1v) is 16.5. The van der Waals surface area contributed by atoms with Crippen molar-refractivity contribution in [2.75, 3.05) is 26.4 Å². The van der Waals surface area contributed by atoms with Crippen molar-refractivity contribution < 1.29 is 18.9 Å². The Hall–Kier alpha value is -1.66. The van der Waals surface area contributed by atoms with Crippen LogP contribution in [0.4, 0.5) is 0 Å². The molecular weight excluding hydrogens is 524 g/mol. The standard InChI is InChI=1S/C33H48O4S2/c1-9-13-34-25-17-23-29(19-27(25)36-15-11-3)38-33(21-31(23,5)6)22-32(7,8)24-18-26(35-14-10-2)28(37-16-12-4)20-30(24)39-33/h17-20H,9-16,21-22H2,1-8H3. The maximum Gasteiger partial charge on any atom is 0.162 e. The van der Waals surface area contributed by atoms with Gasteiger partial charge in [0.05, 0.1) is 30.5 Å². The van der Waals surface area contributed by atoms with Gasteiger partial charge in [-0.2, -0.15) is 0 Å². The molecule has 6 heteroatoms. The maximum atomic E-state index is 6.21. The van der Waals surface area contributed by atoms with Gasteiger partial charge in [0.25, 0.3) is 0 Å². The average molecular weight is 573 g/mol. The van der Waals surface area contributed by atoms with E-state index in [-0.39, 0.29) is 14.9 Å².